The molecule has 0 saturated carbocycles. The molecular formula is C66H60N5Pt-3. The summed E-state index contributed by atoms with van der Waals surface area (Å²) in [4.78, 5) is 14.4. The van der Waals surface area contributed by atoms with Crippen LogP contribution in [0.15, 0.2) is 194 Å². The van der Waals surface area contributed by atoms with Gasteiger partial charge in [0.1, 0.15) is 5.82 Å². The van der Waals surface area contributed by atoms with E-state index in [0.717, 1.165) is 84.7 Å². The van der Waals surface area contributed by atoms with Crippen LogP contribution >= 0.6 is 0 Å². The number of hydrogen-bond donors (Lipinski definition) is 0. The molecule has 3 heterocycles. The first-order chi connectivity index (χ1) is 34.1. The van der Waals surface area contributed by atoms with Crippen LogP contribution in [0.25, 0.3) is 33.4 Å². The number of nitrogens with zero attached hydrogens (tertiary/aromatic N) is 5. The SMILES string of the molecule is CC(C)(C)c1cc(N2[CH-]N(c3cc(C(C)(C)C)ccc3C(C)(C)C)c3ccccc32)[c-]c(N(c2[c-]c3c(cc2)-c2ccccc2-c2ccc(-c4ccccc4)cc2N3c2ccccn2)c2ccccc2)c1.[Pt]. The number of benzene rings is 8. The van der Waals surface area contributed by atoms with Crippen LogP contribution in [0.2, 0.25) is 0 Å². The van der Waals surface area contributed by atoms with Gasteiger partial charge < -0.3 is 19.6 Å². The van der Waals surface area contributed by atoms with Crippen molar-refractivity contribution in [2.45, 2.75) is 78.6 Å². The molecule has 6 heteroatoms. The third-order valence-electron chi connectivity index (χ3n) is 13.9. The summed E-state index contributed by atoms with van der Waals surface area (Å²) in [6, 6.07) is 76.0. The molecule has 9 aromatic rings. The molecule has 0 saturated heterocycles. The van der Waals surface area contributed by atoms with Gasteiger partial charge in [0.15, 0.2) is 0 Å². The zero-order valence-corrected chi connectivity index (χ0v) is 44.9. The molecule has 0 bridgehead atoms. The van der Waals surface area contributed by atoms with Crippen molar-refractivity contribution in [1.29, 1.82) is 0 Å². The van der Waals surface area contributed by atoms with Crippen molar-refractivity contribution in [2.75, 3.05) is 19.6 Å². The predicted molar refractivity (Wildman–Crippen MR) is 299 cm³/mol. The first kappa shape index (κ1) is 48.4. The van der Waals surface area contributed by atoms with Crippen LogP contribution in [0.3, 0.4) is 0 Å². The van der Waals surface area contributed by atoms with Gasteiger partial charge in [-0.2, -0.15) is 6.07 Å². The van der Waals surface area contributed by atoms with Gasteiger partial charge in [-0.05, 0) is 92.6 Å². The molecule has 2 aliphatic rings. The number of rotatable bonds is 7. The maximum Gasteiger partial charge on any atom is 0.135 e. The quantitative estimate of drug-likeness (QED) is 0.148. The molecule has 0 unspecified atom stereocenters. The van der Waals surface area contributed by atoms with Gasteiger partial charge >= 0.3 is 0 Å². The van der Waals surface area contributed by atoms with E-state index in [1.807, 2.05) is 12.3 Å². The third-order valence-corrected chi connectivity index (χ3v) is 13.9. The molecule has 0 radical (unpaired) electrons. The first-order valence-corrected chi connectivity index (χ1v) is 24.8. The van der Waals surface area contributed by atoms with Crippen molar-refractivity contribution < 1.29 is 21.1 Å². The summed E-state index contributed by atoms with van der Waals surface area (Å²) in [5.41, 5.74) is 19.4. The number of para-hydroxylation sites is 3. The molecule has 11 rings (SSSR count). The minimum absolute atomic E-state index is 0. The summed E-state index contributed by atoms with van der Waals surface area (Å²) < 4.78 is 0. The minimum Gasteiger partial charge on any atom is -0.493 e. The van der Waals surface area contributed by atoms with Crippen molar-refractivity contribution in [3.63, 3.8) is 0 Å². The van der Waals surface area contributed by atoms with Gasteiger partial charge in [0.2, 0.25) is 0 Å². The topological polar surface area (TPSA) is 25.9 Å². The van der Waals surface area contributed by atoms with Crippen molar-refractivity contribution in [3.8, 4) is 33.4 Å². The molecule has 0 N–H and O–H groups in total. The number of fused-ring (bicyclic) bond motifs is 6. The summed E-state index contributed by atoms with van der Waals surface area (Å²) >= 11 is 0. The molecule has 72 heavy (non-hydrogen) atoms. The smallest absolute Gasteiger partial charge is 0.135 e. The predicted octanol–water partition coefficient (Wildman–Crippen LogP) is 18.2. The molecule has 1 aromatic heterocycles. The second-order valence-electron chi connectivity index (χ2n) is 21.9. The molecule has 8 aromatic carbocycles. The summed E-state index contributed by atoms with van der Waals surface area (Å²) in [5, 5.41) is 0. The number of aromatic nitrogens is 1. The second kappa shape index (κ2) is 18.8. The van der Waals surface area contributed by atoms with Crippen LogP contribution in [0.4, 0.5) is 57.0 Å². The zero-order chi connectivity index (χ0) is 49.2. The summed E-state index contributed by atoms with van der Waals surface area (Å²) in [5.74, 6) is 0.812. The van der Waals surface area contributed by atoms with E-state index in [1.54, 1.807) is 0 Å². The summed E-state index contributed by atoms with van der Waals surface area (Å²) in [6.07, 6.45) is 1.88. The molecular weight excluding hydrogens is 1060 g/mol. The van der Waals surface area contributed by atoms with Crippen molar-refractivity contribution >= 4 is 57.0 Å². The average Bonchev–Trinajstić information content (AvgIpc) is 3.71. The van der Waals surface area contributed by atoms with E-state index in [2.05, 4.69) is 283 Å². The van der Waals surface area contributed by atoms with Gasteiger partial charge in [-0.1, -0.05) is 200 Å². The van der Waals surface area contributed by atoms with Crippen LogP contribution in [-0.2, 0) is 37.3 Å². The van der Waals surface area contributed by atoms with Crippen LogP contribution in [-0.4, -0.2) is 4.98 Å². The van der Waals surface area contributed by atoms with Crippen LogP contribution in [0.1, 0.15) is 79.0 Å². The molecule has 0 fully saturated rings. The first-order valence-electron chi connectivity index (χ1n) is 24.8. The monoisotopic (exact) mass is 1120 g/mol. The summed E-state index contributed by atoms with van der Waals surface area (Å²) in [7, 11) is 0. The third kappa shape index (κ3) is 8.94. The molecule has 0 aliphatic carbocycles. The zero-order valence-electron chi connectivity index (χ0n) is 42.6. The fourth-order valence-electron chi connectivity index (χ4n) is 10.1. The van der Waals surface area contributed by atoms with Crippen molar-refractivity contribution in [2.24, 2.45) is 0 Å². The molecule has 0 spiro atoms. The number of pyridine rings is 1. The van der Waals surface area contributed by atoms with Gasteiger partial charge in [-0.25, -0.2) is 4.98 Å². The molecule has 0 atom stereocenters. The summed E-state index contributed by atoms with van der Waals surface area (Å²) in [6.45, 7) is 23.0. The Balaban J connectivity index is 0.00000596. The van der Waals surface area contributed by atoms with E-state index in [9.17, 15) is 0 Å². The average molecular weight is 1120 g/mol. The molecule has 362 valence electrons. The molecule has 5 nitrogen and oxygen atoms in total. The maximum atomic E-state index is 5.05. The van der Waals surface area contributed by atoms with E-state index in [0.29, 0.717) is 0 Å². The fraction of sp³-hybridized carbons (Fsp3) is 0.182. The molecule has 0 amide bonds. The van der Waals surface area contributed by atoms with Crippen molar-refractivity contribution in [3.05, 3.63) is 230 Å². The standard InChI is InChI=1S/C66H60N5.Pt/c1-64(2,3)47-32-36-57(66(7,8)9)62(41-47)69-44-68(58-28-18-19-29-59(58)69)51-39-48(65(4,5)6)40-52(42-51)70(49-24-14-11-15-25-49)50-33-35-56-54-27-17-16-26-53(54)55-34-31-46(45-22-12-10-13-23-45)38-60(55)71(61(56)43-50)63-30-20-21-37-67-63;/h10-41,44H,1-9H3;/q-3;. The Morgan fingerprint density at radius 3 is 1.74 bits per heavy atom. The van der Waals surface area contributed by atoms with Gasteiger partial charge in [0.05, 0.1) is 5.69 Å². The Kier molecular flexibility index (Phi) is 12.6. The van der Waals surface area contributed by atoms with Crippen molar-refractivity contribution in [1.82, 2.24) is 4.98 Å². The Labute approximate surface area is 441 Å². The Morgan fingerprint density at radius 1 is 0.444 bits per heavy atom. The Hall–Kier alpha value is -7.20. The number of anilines is 10. The fourth-order valence-corrected chi connectivity index (χ4v) is 10.1. The number of hydrogen-bond acceptors (Lipinski definition) is 5. The van der Waals surface area contributed by atoms with E-state index in [-0.39, 0.29) is 37.3 Å². The van der Waals surface area contributed by atoms with Gasteiger partial charge in [0, 0.05) is 55.6 Å². The largest absolute Gasteiger partial charge is 0.493 e. The van der Waals surface area contributed by atoms with E-state index in [1.165, 1.54) is 22.4 Å². The van der Waals surface area contributed by atoms with Gasteiger partial charge in [0.25, 0.3) is 0 Å². The van der Waals surface area contributed by atoms with Gasteiger partial charge in [-0.3, -0.25) is 0 Å². The Bertz CT molecular complexity index is 3420. The van der Waals surface area contributed by atoms with Crippen LogP contribution in [0.5, 0.6) is 0 Å². The minimum atomic E-state index is -0.197. The van der Waals surface area contributed by atoms with Gasteiger partial charge in [-0.15, -0.1) is 53.8 Å². The maximum absolute atomic E-state index is 5.05. The van der Waals surface area contributed by atoms with Crippen LogP contribution in [0, 0.1) is 18.8 Å². The second-order valence-corrected chi connectivity index (χ2v) is 21.9. The normalized spacial score (nSPS) is 13.1. The van der Waals surface area contributed by atoms with Crippen LogP contribution < -0.4 is 19.6 Å². The van der Waals surface area contributed by atoms with E-state index in [4.69, 9.17) is 4.98 Å². The van der Waals surface area contributed by atoms with E-state index >= 15 is 0 Å². The van der Waals surface area contributed by atoms with E-state index < -0.39 is 0 Å². The molecule has 2 aliphatic heterocycles. The Morgan fingerprint density at radius 2 is 1.07 bits per heavy atom.